The summed E-state index contributed by atoms with van der Waals surface area (Å²) in [4.78, 5) is 16.3. The number of hydrogen-bond donors (Lipinski definition) is 0. The predicted molar refractivity (Wildman–Crippen MR) is 138 cm³/mol. The lowest BCUT2D eigenvalue weighted by Crippen LogP contribution is -2.50. The summed E-state index contributed by atoms with van der Waals surface area (Å²) in [6, 6.07) is 8.04. The maximum atomic E-state index is 11.5. The number of esters is 1. The number of allylic oxidation sites excluding steroid dienone is 3. The molecule has 184 valence electrons. The Hall–Kier alpha value is -2.21. The van der Waals surface area contributed by atoms with Crippen molar-refractivity contribution in [3.05, 3.63) is 52.4 Å². The number of carbonyl (C=O) groups excluding carboxylic acids is 1. The Morgan fingerprint density at radius 3 is 2.60 bits per heavy atom. The molecule has 5 nitrogen and oxygen atoms in total. The van der Waals surface area contributed by atoms with E-state index in [1.165, 1.54) is 24.5 Å². The molecule has 6 heteroatoms. The highest BCUT2D eigenvalue weighted by molar-refractivity contribution is 9.10. The van der Waals surface area contributed by atoms with Crippen LogP contribution in [0.25, 0.3) is 17.0 Å². The first-order valence-corrected chi connectivity index (χ1v) is 13.7. The fourth-order valence-corrected chi connectivity index (χ4v) is 8.18. The number of aromatic nitrogens is 2. The van der Waals surface area contributed by atoms with Crippen molar-refractivity contribution in [3.8, 4) is 11.4 Å². The van der Waals surface area contributed by atoms with E-state index in [2.05, 4.69) is 47.1 Å². The first kappa shape index (κ1) is 23.2. The van der Waals surface area contributed by atoms with Crippen LogP contribution in [0.15, 0.2) is 51.0 Å². The summed E-state index contributed by atoms with van der Waals surface area (Å²) in [5, 5.41) is 4.32. The summed E-state index contributed by atoms with van der Waals surface area (Å²) in [6.45, 7) is 6.43. The minimum Gasteiger partial charge on any atom is -0.462 e. The Morgan fingerprint density at radius 2 is 1.83 bits per heavy atom. The van der Waals surface area contributed by atoms with Gasteiger partial charge in [0.2, 0.25) is 5.82 Å². The molecule has 1 aromatic heterocycles. The predicted octanol–water partition coefficient (Wildman–Crippen LogP) is 7.39. The van der Waals surface area contributed by atoms with E-state index < -0.39 is 0 Å². The van der Waals surface area contributed by atoms with Crippen LogP contribution < -0.4 is 0 Å². The lowest BCUT2D eigenvalue weighted by Gasteiger charge is -2.57. The third kappa shape index (κ3) is 3.75. The van der Waals surface area contributed by atoms with Gasteiger partial charge in [-0.1, -0.05) is 52.7 Å². The van der Waals surface area contributed by atoms with Gasteiger partial charge in [0.1, 0.15) is 6.10 Å². The summed E-state index contributed by atoms with van der Waals surface area (Å²) >= 11 is 3.49. The maximum absolute atomic E-state index is 11.5. The van der Waals surface area contributed by atoms with Gasteiger partial charge in [-0.15, -0.1) is 0 Å². The minimum atomic E-state index is -0.157. The number of hydrogen-bond acceptors (Lipinski definition) is 5. The van der Waals surface area contributed by atoms with Gasteiger partial charge in [0.25, 0.3) is 5.89 Å². The van der Waals surface area contributed by atoms with E-state index in [1.807, 2.05) is 24.3 Å². The highest BCUT2D eigenvalue weighted by Gasteiger charge is 2.57. The fraction of sp³-hybridized carbons (Fsp3) is 0.552. The van der Waals surface area contributed by atoms with Crippen LogP contribution in [0.2, 0.25) is 0 Å². The van der Waals surface area contributed by atoms with Crippen LogP contribution in [-0.2, 0) is 9.53 Å². The van der Waals surface area contributed by atoms with Gasteiger partial charge in [0.05, 0.1) is 0 Å². The van der Waals surface area contributed by atoms with Crippen LogP contribution in [0.4, 0.5) is 0 Å². The van der Waals surface area contributed by atoms with Crippen LogP contribution in [0.1, 0.15) is 71.6 Å². The number of rotatable bonds is 3. The van der Waals surface area contributed by atoms with Gasteiger partial charge < -0.3 is 9.26 Å². The highest BCUT2D eigenvalue weighted by Crippen LogP contribution is 2.66. The van der Waals surface area contributed by atoms with Crippen LogP contribution >= 0.6 is 15.9 Å². The molecule has 4 aliphatic rings. The van der Waals surface area contributed by atoms with Crippen LogP contribution in [0, 0.1) is 28.6 Å². The molecule has 6 atom stereocenters. The van der Waals surface area contributed by atoms with Gasteiger partial charge in [-0.25, -0.2) is 0 Å². The largest absolute Gasteiger partial charge is 0.462 e. The quantitative estimate of drug-likeness (QED) is 0.302. The van der Waals surface area contributed by atoms with E-state index in [0.29, 0.717) is 29.5 Å². The molecule has 0 N–H and O–H groups in total. The van der Waals surface area contributed by atoms with Crippen molar-refractivity contribution in [1.82, 2.24) is 10.1 Å². The molecule has 2 fully saturated rings. The van der Waals surface area contributed by atoms with Crippen molar-refractivity contribution in [1.29, 1.82) is 0 Å². The smallest absolute Gasteiger partial charge is 0.302 e. The fourth-order valence-electron chi connectivity index (χ4n) is 7.91. The summed E-state index contributed by atoms with van der Waals surface area (Å²) in [7, 11) is 0. The topological polar surface area (TPSA) is 65.2 Å². The molecular weight excluding hydrogens is 504 g/mol. The zero-order chi connectivity index (χ0) is 24.4. The van der Waals surface area contributed by atoms with Gasteiger partial charge in [0.15, 0.2) is 0 Å². The number of nitrogens with zero attached hydrogens (tertiary/aromatic N) is 2. The van der Waals surface area contributed by atoms with Crippen LogP contribution in [0.3, 0.4) is 0 Å². The van der Waals surface area contributed by atoms with E-state index in [4.69, 9.17) is 14.2 Å². The third-order valence-corrected chi connectivity index (χ3v) is 10.3. The van der Waals surface area contributed by atoms with Crippen molar-refractivity contribution in [3.63, 3.8) is 0 Å². The molecular formula is C29H33BrN2O3. The van der Waals surface area contributed by atoms with E-state index in [0.717, 1.165) is 48.6 Å². The molecule has 1 aromatic carbocycles. The zero-order valence-electron chi connectivity index (χ0n) is 20.7. The number of fused-ring (bicyclic) bond motifs is 5. The number of carbonyl (C=O) groups is 1. The molecule has 0 bridgehead atoms. The Morgan fingerprint density at radius 1 is 1.06 bits per heavy atom. The lowest BCUT2D eigenvalue weighted by molar-refractivity contribution is -0.148. The summed E-state index contributed by atoms with van der Waals surface area (Å²) in [6.07, 6.45) is 12.5. The summed E-state index contributed by atoms with van der Waals surface area (Å²) < 4.78 is 12.5. The van der Waals surface area contributed by atoms with E-state index >= 15 is 0 Å². The third-order valence-electron chi connectivity index (χ3n) is 9.73. The Balaban J connectivity index is 1.24. The molecule has 6 rings (SSSR count). The molecule has 4 aliphatic carbocycles. The second-order valence-electron chi connectivity index (χ2n) is 11.5. The Bertz CT molecular complexity index is 1210. The van der Waals surface area contributed by atoms with Crippen molar-refractivity contribution in [2.24, 2.45) is 28.6 Å². The molecule has 0 saturated heterocycles. The first-order valence-electron chi connectivity index (χ1n) is 13.0. The average molecular weight is 537 g/mol. The molecule has 0 radical (unpaired) electrons. The zero-order valence-corrected chi connectivity index (χ0v) is 22.3. The number of benzene rings is 1. The molecule has 2 saturated carbocycles. The van der Waals surface area contributed by atoms with E-state index in [9.17, 15) is 4.79 Å². The molecule has 0 spiro atoms. The van der Waals surface area contributed by atoms with E-state index in [-0.39, 0.29) is 22.9 Å². The standard InChI is InChI=1S/C29H33BrN2O3/c1-17(33)34-21-12-14-28(2)19(16-21)6-9-22-23-10-11-25(29(23,3)15-13-24(22)28)27-31-26(32-35-27)18-4-7-20(30)8-5-18/h4-8,11,21-24H,9-10,12-16H2,1-3H3/t21-,22-,23-,24-,28-,29-/m0/s1. The minimum absolute atomic E-state index is 0.0504. The molecule has 2 aromatic rings. The summed E-state index contributed by atoms with van der Waals surface area (Å²) in [5.41, 5.74) is 4.04. The van der Waals surface area contributed by atoms with Crippen molar-refractivity contribution in [2.45, 2.75) is 71.8 Å². The van der Waals surface area contributed by atoms with Crippen LogP contribution in [0.5, 0.6) is 0 Å². The monoisotopic (exact) mass is 536 g/mol. The Kier molecular flexibility index (Phi) is 5.59. The maximum Gasteiger partial charge on any atom is 0.302 e. The molecule has 0 aliphatic heterocycles. The second-order valence-corrected chi connectivity index (χ2v) is 12.4. The van der Waals surface area contributed by atoms with Gasteiger partial charge in [-0.05, 0) is 86.0 Å². The molecule has 0 unspecified atom stereocenters. The SMILES string of the molecule is CC(=O)O[C@H]1CC[C@@]2(C)C(=CC[C@@H]3[C@@H]2CC[C@]2(C)C(c4nc(-c5ccc(Br)cc5)no4)=CC[C@@H]32)C1. The van der Waals surface area contributed by atoms with Crippen LogP contribution in [-0.4, -0.2) is 22.2 Å². The van der Waals surface area contributed by atoms with Gasteiger partial charge in [0, 0.05) is 34.4 Å². The summed E-state index contributed by atoms with van der Waals surface area (Å²) in [5.74, 6) is 3.13. The van der Waals surface area contributed by atoms with Gasteiger partial charge in [-0.2, -0.15) is 4.98 Å². The number of halogens is 1. The molecule has 1 heterocycles. The van der Waals surface area contributed by atoms with Gasteiger partial charge >= 0.3 is 5.97 Å². The lowest BCUT2D eigenvalue weighted by atomic mass is 9.47. The Labute approximate surface area is 215 Å². The van der Waals surface area contributed by atoms with Crippen molar-refractivity contribution < 1.29 is 14.1 Å². The van der Waals surface area contributed by atoms with E-state index in [1.54, 1.807) is 0 Å². The van der Waals surface area contributed by atoms with Crippen molar-refractivity contribution in [2.75, 3.05) is 0 Å². The second kappa shape index (κ2) is 8.43. The van der Waals surface area contributed by atoms with Crippen molar-refractivity contribution >= 4 is 27.5 Å². The molecule has 0 amide bonds. The highest BCUT2D eigenvalue weighted by atomic mass is 79.9. The normalized spacial score (nSPS) is 35.9. The molecule has 35 heavy (non-hydrogen) atoms. The number of ether oxygens (including phenoxy) is 1. The first-order chi connectivity index (χ1) is 16.8. The average Bonchev–Trinajstić information content (AvgIpc) is 3.43. The van der Waals surface area contributed by atoms with Gasteiger partial charge in [-0.3, -0.25) is 4.79 Å².